The SMILES string of the molecule is COc1cccc(OC)c1C(=O)NCCS(=O)(=O)N1CCN(c2ccccc2Cl)CC1. The fraction of sp³-hybridized carbons (Fsp3) is 0.381. The maximum absolute atomic E-state index is 12.7. The molecular formula is C21H26ClN3O5S. The molecule has 10 heteroatoms. The van der Waals surface area contributed by atoms with Crippen molar-refractivity contribution < 1.29 is 22.7 Å². The fourth-order valence-corrected chi connectivity index (χ4v) is 5.09. The van der Waals surface area contributed by atoms with Crippen molar-refractivity contribution in [1.82, 2.24) is 9.62 Å². The second-order valence-corrected chi connectivity index (χ2v) is 9.44. The lowest BCUT2D eigenvalue weighted by molar-refractivity contribution is 0.0950. The van der Waals surface area contributed by atoms with Crippen molar-refractivity contribution in [1.29, 1.82) is 0 Å². The molecule has 168 valence electrons. The molecule has 1 amide bonds. The third-order valence-electron chi connectivity index (χ3n) is 5.13. The first-order valence-corrected chi connectivity index (χ1v) is 11.8. The molecule has 0 unspecified atom stereocenters. The van der Waals surface area contributed by atoms with E-state index in [-0.39, 0.29) is 17.9 Å². The molecule has 0 radical (unpaired) electrons. The van der Waals surface area contributed by atoms with Crippen LogP contribution in [0.4, 0.5) is 5.69 Å². The van der Waals surface area contributed by atoms with Crippen LogP contribution in [0.25, 0.3) is 0 Å². The van der Waals surface area contributed by atoms with Gasteiger partial charge in [0.1, 0.15) is 17.1 Å². The summed E-state index contributed by atoms with van der Waals surface area (Å²) in [6.45, 7) is 1.80. The molecule has 1 fully saturated rings. The summed E-state index contributed by atoms with van der Waals surface area (Å²) in [7, 11) is -0.599. The number of halogens is 1. The molecular weight excluding hydrogens is 442 g/mol. The third kappa shape index (κ3) is 5.41. The summed E-state index contributed by atoms with van der Waals surface area (Å²) in [4.78, 5) is 14.7. The standard InChI is InChI=1S/C21H26ClN3O5S/c1-29-18-8-5-9-19(30-2)20(18)21(26)23-10-15-31(27,28)25-13-11-24(12-14-25)17-7-4-3-6-16(17)22/h3-9H,10-15H2,1-2H3,(H,23,26). The Hall–Kier alpha value is -2.49. The summed E-state index contributed by atoms with van der Waals surface area (Å²) in [5, 5.41) is 3.30. The highest BCUT2D eigenvalue weighted by Gasteiger charge is 2.28. The van der Waals surface area contributed by atoms with Gasteiger partial charge in [0.2, 0.25) is 10.0 Å². The Balaban J connectivity index is 1.56. The highest BCUT2D eigenvalue weighted by Crippen LogP contribution is 2.28. The van der Waals surface area contributed by atoms with Crippen LogP contribution in [0.2, 0.25) is 5.02 Å². The summed E-state index contributed by atoms with van der Waals surface area (Å²) < 4.78 is 37.4. The Bertz CT molecular complexity index is 1000. The molecule has 31 heavy (non-hydrogen) atoms. The minimum atomic E-state index is -3.51. The monoisotopic (exact) mass is 467 g/mol. The molecule has 0 aliphatic carbocycles. The molecule has 3 rings (SSSR count). The van der Waals surface area contributed by atoms with E-state index in [0.29, 0.717) is 42.7 Å². The predicted octanol–water partition coefficient (Wildman–Crippen LogP) is 2.24. The lowest BCUT2D eigenvalue weighted by atomic mass is 10.1. The van der Waals surface area contributed by atoms with Gasteiger partial charge in [-0.25, -0.2) is 8.42 Å². The second kappa shape index (κ2) is 10.2. The van der Waals surface area contributed by atoms with Gasteiger partial charge >= 0.3 is 0 Å². The Morgan fingerprint density at radius 3 is 2.19 bits per heavy atom. The van der Waals surface area contributed by atoms with E-state index in [2.05, 4.69) is 10.2 Å². The number of nitrogens with one attached hydrogen (secondary N) is 1. The third-order valence-corrected chi connectivity index (χ3v) is 7.32. The van der Waals surface area contributed by atoms with E-state index in [9.17, 15) is 13.2 Å². The zero-order valence-corrected chi connectivity index (χ0v) is 19.1. The number of benzene rings is 2. The zero-order chi connectivity index (χ0) is 22.4. The summed E-state index contributed by atoms with van der Waals surface area (Å²) in [5.74, 6) is 0.0707. The van der Waals surface area contributed by atoms with E-state index in [4.69, 9.17) is 21.1 Å². The smallest absolute Gasteiger partial charge is 0.258 e. The molecule has 0 saturated carbocycles. The van der Waals surface area contributed by atoms with Gasteiger partial charge in [-0.2, -0.15) is 4.31 Å². The van der Waals surface area contributed by atoms with E-state index in [1.165, 1.54) is 18.5 Å². The minimum Gasteiger partial charge on any atom is -0.496 e. The number of hydrogen-bond donors (Lipinski definition) is 1. The summed E-state index contributed by atoms with van der Waals surface area (Å²) >= 11 is 6.24. The van der Waals surface area contributed by atoms with Gasteiger partial charge in [-0.1, -0.05) is 29.8 Å². The van der Waals surface area contributed by atoms with Gasteiger partial charge in [-0.05, 0) is 24.3 Å². The summed E-state index contributed by atoms with van der Waals surface area (Å²) in [5.41, 5.74) is 1.14. The molecule has 1 heterocycles. The van der Waals surface area contributed by atoms with E-state index in [1.807, 2.05) is 24.3 Å². The summed E-state index contributed by atoms with van der Waals surface area (Å²) in [6.07, 6.45) is 0. The van der Waals surface area contributed by atoms with Crippen LogP contribution in [0.1, 0.15) is 10.4 Å². The number of sulfonamides is 1. The number of anilines is 1. The van der Waals surface area contributed by atoms with Crippen LogP contribution in [0.15, 0.2) is 42.5 Å². The van der Waals surface area contributed by atoms with E-state index < -0.39 is 15.9 Å². The lowest BCUT2D eigenvalue weighted by Crippen LogP contribution is -2.50. The van der Waals surface area contributed by atoms with Gasteiger partial charge in [0.05, 0.1) is 30.7 Å². The van der Waals surface area contributed by atoms with Crippen molar-refractivity contribution in [3.8, 4) is 11.5 Å². The zero-order valence-electron chi connectivity index (χ0n) is 17.5. The number of para-hydroxylation sites is 1. The Morgan fingerprint density at radius 2 is 1.61 bits per heavy atom. The normalized spacial score (nSPS) is 14.9. The van der Waals surface area contributed by atoms with Gasteiger partial charge in [-0.15, -0.1) is 0 Å². The first kappa shape index (κ1) is 23.2. The van der Waals surface area contributed by atoms with Gasteiger partial charge in [0.15, 0.2) is 0 Å². The maximum atomic E-state index is 12.7. The number of nitrogens with zero attached hydrogens (tertiary/aromatic N) is 2. The molecule has 1 N–H and O–H groups in total. The summed E-state index contributed by atoms with van der Waals surface area (Å²) in [6, 6.07) is 12.5. The average molecular weight is 468 g/mol. The highest BCUT2D eigenvalue weighted by atomic mass is 35.5. The van der Waals surface area contributed by atoms with Crippen LogP contribution >= 0.6 is 11.6 Å². The molecule has 1 aliphatic rings. The van der Waals surface area contributed by atoms with Crippen LogP contribution in [0.3, 0.4) is 0 Å². The molecule has 0 spiro atoms. The van der Waals surface area contributed by atoms with E-state index >= 15 is 0 Å². The van der Waals surface area contributed by atoms with Crippen LogP contribution in [-0.2, 0) is 10.0 Å². The largest absolute Gasteiger partial charge is 0.496 e. The molecule has 0 aromatic heterocycles. The van der Waals surface area contributed by atoms with Crippen molar-refractivity contribution in [3.63, 3.8) is 0 Å². The van der Waals surface area contributed by atoms with Crippen molar-refractivity contribution >= 4 is 33.2 Å². The molecule has 0 atom stereocenters. The Morgan fingerprint density at radius 1 is 1.00 bits per heavy atom. The quantitative estimate of drug-likeness (QED) is 0.640. The number of rotatable bonds is 8. The molecule has 0 bridgehead atoms. The number of amides is 1. The van der Waals surface area contributed by atoms with E-state index in [1.54, 1.807) is 18.2 Å². The number of ether oxygens (including phenoxy) is 2. The van der Waals surface area contributed by atoms with Crippen molar-refractivity contribution in [2.75, 3.05) is 57.6 Å². The number of hydrogen-bond acceptors (Lipinski definition) is 6. The van der Waals surface area contributed by atoms with Crippen LogP contribution < -0.4 is 19.7 Å². The number of carbonyl (C=O) groups excluding carboxylic acids is 1. The minimum absolute atomic E-state index is 0.0207. The first-order chi connectivity index (χ1) is 14.9. The molecule has 1 saturated heterocycles. The topological polar surface area (TPSA) is 88.2 Å². The van der Waals surface area contributed by atoms with Gasteiger partial charge < -0.3 is 19.7 Å². The average Bonchev–Trinajstić information content (AvgIpc) is 2.78. The number of carbonyl (C=O) groups is 1. The van der Waals surface area contributed by atoms with Crippen LogP contribution in [-0.4, -0.2) is 71.3 Å². The van der Waals surface area contributed by atoms with Gasteiger partial charge in [0.25, 0.3) is 5.91 Å². The van der Waals surface area contributed by atoms with Crippen molar-refractivity contribution in [2.24, 2.45) is 0 Å². The first-order valence-electron chi connectivity index (χ1n) is 9.84. The van der Waals surface area contributed by atoms with Crippen LogP contribution in [0.5, 0.6) is 11.5 Å². The number of methoxy groups -OCH3 is 2. The fourth-order valence-electron chi connectivity index (χ4n) is 3.50. The van der Waals surface area contributed by atoms with E-state index in [0.717, 1.165) is 5.69 Å². The Labute approximate surface area is 187 Å². The lowest BCUT2D eigenvalue weighted by Gasteiger charge is -2.35. The van der Waals surface area contributed by atoms with Crippen molar-refractivity contribution in [2.45, 2.75) is 0 Å². The predicted molar refractivity (Wildman–Crippen MR) is 121 cm³/mol. The highest BCUT2D eigenvalue weighted by molar-refractivity contribution is 7.89. The van der Waals surface area contributed by atoms with Gasteiger partial charge in [0, 0.05) is 32.7 Å². The molecule has 1 aliphatic heterocycles. The van der Waals surface area contributed by atoms with Gasteiger partial charge in [-0.3, -0.25) is 4.79 Å². The molecule has 2 aromatic carbocycles. The maximum Gasteiger partial charge on any atom is 0.258 e. The number of piperazine rings is 1. The van der Waals surface area contributed by atoms with Crippen molar-refractivity contribution in [3.05, 3.63) is 53.1 Å². The Kier molecular flexibility index (Phi) is 7.64. The molecule has 2 aromatic rings. The second-order valence-electron chi connectivity index (χ2n) is 6.95. The molecule has 8 nitrogen and oxygen atoms in total. The van der Waals surface area contributed by atoms with Crippen LogP contribution in [0, 0.1) is 0 Å².